The van der Waals surface area contributed by atoms with Gasteiger partial charge in [0.15, 0.2) is 0 Å². The van der Waals surface area contributed by atoms with Crippen molar-refractivity contribution in [2.75, 3.05) is 26.3 Å². The smallest absolute Gasteiger partial charge is 0.219 e. The molecule has 0 unspecified atom stereocenters. The zero-order valence-corrected chi connectivity index (χ0v) is 10.7. The van der Waals surface area contributed by atoms with E-state index in [1.54, 1.807) is 6.92 Å². The van der Waals surface area contributed by atoms with E-state index in [2.05, 4.69) is 12.1 Å². The summed E-state index contributed by atoms with van der Waals surface area (Å²) in [5, 5.41) is 0. The predicted molar refractivity (Wildman–Crippen MR) is 68.9 cm³/mol. The van der Waals surface area contributed by atoms with Gasteiger partial charge in [-0.05, 0) is 18.9 Å². The van der Waals surface area contributed by atoms with E-state index in [-0.39, 0.29) is 5.91 Å². The van der Waals surface area contributed by atoms with Crippen molar-refractivity contribution in [2.24, 2.45) is 0 Å². The molecule has 94 valence electrons. The zero-order valence-electron chi connectivity index (χ0n) is 10.7. The summed E-state index contributed by atoms with van der Waals surface area (Å²) in [6, 6.07) is 10.2. The summed E-state index contributed by atoms with van der Waals surface area (Å²) in [6.07, 6.45) is 0.895. The molecule has 1 rings (SSSR count). The van der Waals surface area contributed by atoms with E-state index in [1.165, 1.54) is 5.56 Å². The number of hydrogen-bond acceptors (Lipinski definition) is 2. The summed E-state index contributed by atoms with van der Waals surface area (Å²) in [5.74, 6) is 0.112. The molecule has 0 heterocycles. The molecule has 0 spiro atoms. The molecule has 0 saturated heterocycles. The molecule has 0 aliphatic rings. The molecule has 1 aromatic carbocycles. The van der Waals surface area contributed by atoms with Crippen LogP contribution >= 0.6 is 0 Å². The van der Waals surface area contributed by atoms with Crippen molar-refractivity contribution in [3.63, 3.8) is 0 Å². The molecule has 3 heteroatoms. The Hall–Kier alpha value is -1.35. The van der Waals surface area contributed by atoms with Crippen molar-refractivity contribution >= 4 is 5.91 Å². The first-order chi connectivity index (χ1) is 8.24. The molecular formula is C14H21NO2. The highest BCUT2D eigenvalue weighted by Gasteiger charge is 2.07. The lowest BCUT2D eigenvalue weighted by molar-refractivity contribution is -0.129. The number of ether oxygens (including phenoxy) is 1. The molecule has 0 aliphatic heterocycles. The standard InChI is InChI=1S/C14H21NO2/c1-3-17-12-11-15(13(2)16)10-9-14-7-5-4-6-8-14/h4-8H,3,9-12H2,1-2H3. The first-order valence-electron chi connectivity index (χ1n) is 6.11. The lowest BCUT2D eigenvalue weighted by atomic mass is 10.1. The van der Waals surface area contributed by atoms with Gasteiger partial charge < -0.3 is 9.64 Å². The van der Waals surface area contributed by atoms with E-state index >= 15 is 0 Å². The first-order valence-corrected chi connectivity index (χ1v) is 6.11. The van der Waals surface area contributed by atoms with E-state index < -0.39 is 0 Å². The molecular weight excluding hydrogens is 214 g/mol. The molecule has 0 aromatic heterocycles. The van der Waals surface area contributed by atoms with Gasteiger partial charge >= 0.3 is 0 Å². The third-order valence-corrected chi connectivity index (χ3v) is 2.67. The predicted octanol–water partition coefficient (Wildman–Crippen LogP) is 2.11. The molecule has 0 saturated carbocycles. The van der Waals surface area contributed by atoms with Crippen molar-refractivity contribution in [2.45, 2.75) is 20.3 Å². The van der Waals surface area contributed by atoms with Crippen LogP contribution in [0.15, 0.2) is 30.3 Å². The highest BCUT2D eigenvalue weighted by Crippen LogP contribution is 2.01. The van der Waals surface area contributed by atoms with E-state index in [4.69, 9.17) is 4.74 Å². The number of carbonyl (C=O) groups excluding carboxylic acids is 1. The van der Waals surface area contributed by atoms with Crippen molar-refractivity contribution in [1.29, 1.82) is 0 Å². The van der Waals surface area contributed by atoms with Crippen LogP contribution in [0.2, 0.25) is 0 Å². The number of amides is 1. The van der Waals surface area contributed by atoms with Crippen LogP contribution in [0, 0.1) is 0 Å². The maximum Gasteiger partial charge on any atom is 0.219 e. The minimum Gasteiger partial charge on any atom is -0.380 e. The molecule has 17 heavy (non-hydrogen) atoms. The second-order valence-corrected chi connectivity index (χ2v) is 3.94. The van der Waals surface area contributed by atoms with E-state index in [1.807, 2.05) is 30.0 Å². The second-order valence-electron chi connectivity index (χ2n) is 3.94. The van der Waals surface area contributed by atoms with Gasteiger partial charge in [-0.15, -0.1) is 0 Å². The van der Waals surface area contributed by atoms with Crippen LogP contribution in [-0.4, -0.2) is 37.1 Å². The minimum absolute atomic E-state index is 0.112. The van der Waals surface area contributed by atoms with E-state index in [0.29, 0.717) is 19.8 Å². The van der Waals surface area contributed by atoms with Crippen LogP contribution in [0.5, 0.6) is 0 Å². The SMILES string of the molecule is CCOCCN(CCc1ccccc1)C(C)=O. The number of rotatable bonds is 7. The number of carbonyl (C=O) groups is 1. The molecule has 0 N–H and O–H groups in total. The van der Waals surface area contributed by atoms with Crippen LogP contribution in [0.25, 0.3) is 0 Å². The topological polar surface area (TPSA) is 29.5 Å². The van der Waals surface area contributed by atoms with Gasteiger partial charge in [0.25, 0.3) is 0 Å². The average molecular weight is 235 g/mol. The van der Waals surface area contributed by atoms with Gasteiger partial charge in [0.05, 0.1) is 6.61 Å². The van der Waals surface area contributed by atoms with Crippen LogP contribution in [0.4, 0.5) is 0 Å². The number of benzene rings is 1. The van der Waals surface area contributed by atoms with Crippen molar-refractivity contribution in [3.8, 4) is 0 Å². The lowest BCUT2D eigenvalue weighted by Gasteiger charge is -2.20. The summed E-state index contributed by atoms with van der Waals surface area (Å²) in [6.45, 7) is 6.32. The van der Waals surface area contributed by atoms with E-state index in [9.17, 15) is 4.79 Å². The largest absolute Gasteiger partial charge is 0.380 e. The molecule has 0 radical (unpaired) electrons. The maximum absolute atomic E-state index is 11.4. The quantitative estimate of drug-likeness (QED) is 0.677. The van der Waals surface area contributed by atoms with Crippen LogP contribution in [0.3, 0.4) is 0 Å². The third kappa shape index (κ3) is 5.50. The summed E-state index contributed by atoms with van der Waals surface area (Å²) in [7, 11) is 0. The summed E-state index contributed by atoms with van der Waals surface area (Å²) in [4.78, 5) is 13.3. The van der Waals surface area contributed by atoms with Gasteiger partial charge in [0, 0.05) is 26.6 Å². The van der Waals surface area contributed by atoms with Crippen LogP contribution in [-0.2, 0) is 16.0 Å². The molecule has 3 nitrogen and oxygen atoms in total. The third-order valence-electron chi connectivity index (χ3n) is 2.67. The fourth-order valence-electron chi connectivity index (χ4n) is 1.65. The Morgan fingerprint density at radius 1 is 1.24 bits per heavy atom. The summed E-state index contributed by atoms with van der Waals surface area (Å²) < 4.78 is 5.27. The first kappa shape index (κ1) is 13.7. The van der Waals surface area contributed by atoms with Crippen LogP contribution in [0.1, 0.15) is 19.4 Å². The molecule has 0 aliphatic carbocycles. The Bertz CT molecular complexity index is 324. The molecule has 0 bridgehead atoms. The van der Waals surface area contributed by atoms with Gasteiger partial charge in [-0.1, -0.05) is 30.3 Å². The Morgan fingerprint density at radius 3 is 2.53 bits per heavy atom. The molecule has 1 amide bonds. The Labute approximate surface area is 103 Å². The van der Waals surface area contributed by atoms with Gasteiger partial charge in [0.1, 0.15) is 0 Å². The normalized spacial score (nSPS) is 10.2. The lowest BCUT2D eigenvalue weighted by Crippen LogP contribution is -2.33. The van der Waals surface area contributed by atoms with Gasteiger partial charge in [0.2, 0.25) is 5.91 Å². The van der Waals surface area contributed by atoms with Gasteiger partial charge in [-0.3, -0.25) is 4.79 Å². The van der Waals surface area contributed by atoms with Crippen molar-refractivity contribution in [3.05, 3.63) is 35.9 Å². The molecule has 0 fully saturated rings. The average Bonchev–Trinajstić information content (AvgIpc) is 2.34. The second kappa shape index (κ2) is 7.85. The van der Waals surface area contributed by atoms with E-state index in [0.717, 1.165) is 13.0 Å². The van der Waals surface area contributed by atoms with Gasteiger partial charge in [-0.25, -0.2) is 0 Å². The summed E-state index contributed by atoms with van der Waals surface area (Å²) in [5.41, 5.74) is 1.26. The van der Waals surface area contributed by atoms with Crippen molar-refractivity contribution in [1.82, 2.24) is 4.90 Å². The van der Waals surface area contributed by atoms with Crippen LogP contribution < -0.4 is 0 Å². The summed E-state index contributed by atoms with van der Waals surface area (Å²) >= 11 is 0. The number of nitrogens with zero attached hydrogens (tertiary/aromatic N) is 1. The van der Waals surface area contributed by atoms with Crippen molar-refractivity contribution < 1.29 is 9.53 Å². The molecule has 0 atom stereocenters. The maximum atomic E-state index is 11.4. The highest BCUT2D eigenvalue weighted by atomic mass is 16.5. The highest BCUT2D eigenvalue weighted by molar-refractivity contribution is 5.73. The zero-order chi connectivity index (χ0) is 12.5. The number of hydrogen-bond donors (Lipinski definition) is 0. The Kier molecular flexibility index (Phi) is 6.33. The Balaban J connectivity index is 2.36. The van der Waals surface area contributed by atoms with Gasteiger partial charge in [-0.2, -0.15) is 0 Å². The fourth-order valence-corrected chi connectivity index (χ4v) is 1.65. The minimum atomic E-state index is 0.112. The Morgan fingerprint density at radius 2 is 1.94 bits per heavy atom. The fraction of sp³-hybridized carbons (Fsp3) is 0.500. The monoisotopic (exact) mass is 235 g/mol. The molecule has 1 aromatic rings.